The van der Waals surface area contributed by atoms with Gasteiger partial charge in [-0.2, -0.15) is 0 Å². The molecule has 0 radical (unpaired) electrons. The Balaban J connectivity index is 2.16. The van der Waals surface area contributed by atoms with Crippen molar-refractivity contribution < 1.29 is 8.42 Å². The SMILES string of the molecule is CC(C)NCc1cc(S(=O)(=O)NC(C)(C)C2CC2)c(Br)s1. The summed E-state index contributed by atoms with van der Waals surface area (Å²) in [6.45, 7) is 8.75. The first-order valence-corrected chi connectivity index (χ1v) is 10.3. The van der Waals surface area contributed by atoms with E-state index in [1.54, 1.807) is 6.07 Å². The minimum absolute atomic E-state index is 0.349. The van der Waals surface area contributed by atoms with Crippen LogP contribution in [0.3, 0.4) is 0 Å². The zero-order valence-electron chi connectivity index (χ0n) is 12.9. The zero-order valence-corrected chi connectivity index (χ0v) is 16.1. The van der Waals surface area contributed by atoms with Gasteiger partial charge in [-0.05, 0) is 54.6 Å². The Hall–Kier alpha value is 0.0500. The zero-order chi connectivity index (χ0) is 15.8. The number of hydrogen-bond donors (Lipinski definition) is 2. The van der Waals surface area contributed by atoms with Gasteiger partial charge in [0, 0.05) is 23.0 Å². The summed E-state index contributed by atoms with van der Waals surface area (Å²) in [4.78, 5) is 1.36. The van der Waals surface area contributed by atoms with E-state index in [4.69, 9.17) is 0 Å². The number of halogens is 1. The van der Waals surface area contributed by atoms with E-state index in [1.165, 1.54) is 11.3 Å². The van der Waals surface area contributed by atoms with Crippen LogP contribution in [-0.2, 0) is 16.6 Å². The molecule has 4 nitrogen and oxygen atoms in total. The van der Waals surface area contributed by atoms with Gasteiger partial charge in [0.05, 0.1) is 3.79 Å². The van der Waals surface area contributed by atoms with Crippen LogP contribution in [0.5, 0.6) is 0 Å². The van der Waals surface area contributed by atoms with Gasteiger partial charge in [0.2, 0.25) is 10.0 Å². The molecule has 7 heteroatoms. The normalized spacial score (nSPS) is 16.7. The highest BCUT2D eigenvalue weighted by atomic mass is 79.9. The lowest BCUT2D eigenvalue weighted by Gasteiger charge is -2.25. The van der Waals surface area contributed by atoms with Gasteiger partial charge in [0.1, 0.15) is 4.90 Å². The lowest BCUT2D eigenvalue weighted by Crippen LogP contribution is -2.45. The van der Waals surface area contributed by atoms with Crippen LogP contribution in [-0.4, -0.2) is 20.0 Å². The molecular weight excluding hydrogens is 372 g/mol. The summed E-state index contributed by atoms with van der Waals surface area (Å²) < 4.78 is 28.7. The molecule has 2 rings (SSSR count). The third-order valence-electron chi connectivity index (χ3n) is 3.68. The van der Waals surface area contributed by atoms with E-state index in [9.17, 15) is 8.42 Å². The van der Waals surface area contributed by atoms with Gasteiger partial charge < -0.3 is 5.32 Å². The molecule has 0 spiro atoms. The molecule has 0 aliphatic heterocycles. The van der Waals surface area contributed by atoms with Crippen molar-refractivity contribution in [2.45, 2.75) is 63.6 Å². The number of sulfonamides is 1. The van der Waals surface area contributed by atoms with Gasteiger partial charge in [-0.1, -0.05) is 13.8 Å². The third kappa shape index (κ3) is 4.51. The molecule has 120 valence electrons. The average molecular weight is 395 g/mol. The Morgan fingerprint density at radius 1 is 1.43 bits per heavy atom. The predicted octanol–water partition coefficient (Wildman–Crippen LogP) is 3.48. The van der Waals surface area contributed by atoms with Crippen molar-refractivity contribution >= 4 is 37.3 Å². The summed E-state index contributed by atoms with van der Waals surface area (Å²) in [5.41, 5.74) is -0.378. The van der Waals surface area contributed by atoms with Gasteiger partial charge in [-0.15, -0.1) is 11.3 Å². The van der Waals surface area contributed by atoms with Crippen LogP contribution in [0.25, 0.3) is 0 Å². The Morgan fingerprint density at radius 2 is 2.05 bits per heavy atom. The molecule has 2 N–H and O–H groups in total. The van der Waals surface area contributed by atoms with E-state index in [0.717, 1.165) is 17.7 Å². The topological polar surface area (TPSA) is 58.2 Å². The summed E-state index contributed by atoms with van der Waals surface area (Å²) in [7, 11) is -3.49. The van der Waals surface area contributed by atoms with Gasteiger partial charge >= 0.3 is 0 Å². The molecule has 1 aliphatic carbocycles. The lowest BCUT2D eigenvalue weighted by molar-refractivity contribution is 0.400. The Morgan fingerprint density at radius 3 is 2.57 bits per heavy atom. The number of rotatable bonds is 7. The summed E-state index contributed by atoms with van der Waals surface area (Å²) in [6.07, 6.45) is 2.20. The van der Waals surface area contributed by atoms with Crippen LogP contribution >= 0.6 is 27.3 Å². The maximum Gasteiger partial charge on any atom is 0.243 e. The molecule has 1 fully saturated rings. The molecule has 1 aromatic heterocycles. The quantitative estimate of drug-likeness (QED) is 0.743. The molecule has 1 saturated carbocycles. The molecule has 0 amide bonds. The maximum absolute atomic E-state index is 12.6. The summed E-state index contributed by atoms with van der Waals surface area (Å²) in [5.74, 6) is 0.451. The highest BCUT2D eigenvalue weighted by Gasteiger charge is 2.41. The molecule has 0 bridgehead atoms. The second kappa shape index (κ2) is 6.28. The van der Waals surface area contributed by atoms with Gasteiger partial charge in [-0.3, -0.25) is 0 Å². The van der Waals surface area contributed by atoms with Crippen molar-refractivity contribution in [1.82, 2.24) is 10.0 Å². The molecule has 0 saturated heterocycles. The van der Waals surface area contributed by atoms with Crippen molar-refractivity contribution in [2.24, 2.45) is 5.92 Å². The highest BCUT2D eigenvalue weighted by Crippen LogP contribution is 2.41. The van der Waals surface area contributed by atoms with Gasteiger partial charge in [-0.25, -0.2) is 13.1 Å². The van der Waals surface area contributed by atoms with E-state index in [1.807, 2.05) is 13.8 Å². The first kappa shape index (κ1) is 17.4. The molecular formula is C14H23BrN2O2S2. The van der Waals surface area contributed by atoms with Gasteiger partial charge in [0.15, 0.2) is 0 Å². The predicted molar refractivity (Wildman–Crippen MR) is 91.1 cm³/mol. The molecule has 1 aromatic rings. The summed E-state index contributed by atoms with van der Waals surface area (Å²) >= 11 is 4.86. The summed E-state index contributed by atoms with van der Waals surface area (Å²) in [6, 6.07) is 2.13. The fourth-order valence-electron chi connectivity index (χ4n) is 2.26. The monoisotopic (exact) mass is 394 g/mol. The Kier molecular flexibility index (Phi) is 5.20. The van der Waals surface area contributed by atoms with Crippen LogP contribution in [0.4, 0.5) is 0 Å². The van der Waals surface area contributed by atoms with Crippen molar-refractivity contribution in [3.63, 3.8) is 0 Å². The smallest absolute Gasteiger partial charge is 0.243 e. The van der Waals surface area contributed by atoms with Crippen LogP contribution in [0.15, 0.2) is 14.7 Å². The minimum Gasteiger partial charge on any atom is -0.310 e. The van der Waals surface area contributed by atoms with Gasteiger partial charge in [0.25, 0.3) is 0 Å². The van der Waals surface area contributed by atoms with Crippen molar-refractivity contribution in [2.75, 3.05) is 0 Å². The molecule has 21 heavy (non-hydrogen) atoms. The molecule has 1 aliphatic rings. The molecule has 0 atom stereocenters. The van der Waals surface area contributed by atoms with E-state index in [-0.39, 0.29) is 5.54 Å². The van der Waals surface area contributed by atoms with Crippen molar-refractivity contribution in [1.29, 1.82) is 0 Å². The molecule has 0 unspecified atom stereocenters. The number of hydrogen-bond acceptors (Lipinski definition) is 4. The Bertz CT molecular complexity index is 604. The lowest BCUT2D eigenvalue weighted by atomic mass is 10.0. The number of thiophene rings is 1. The first-order valence-electron chi connectivity index (χ1n) is 7.17. The molecule has 0 aromatic carbocycles. The third-order valence-corrected chi connectivity index (χ3v) is 7.60. The molecule has 1 heterocycles. The van der Waals surface area contributed by atoms with E-state index in [2.05, 4.69) is 39.8 Å². The Labute approximate surface area is 139 Å². The number of nitrogens with one attached hydrogen (secondary N) is 2. The average Bonchev–Trinajstić information content (AvgIpc) is 3.10. The largest absolute Gasteiger partial charge is 0.310 e. The standard InChI is InChI=1S/C14H23BrN2O2S2/c1-9(2)16-8-11-7-12(13(15)20-11)21(18,19)17-14(3,4)10-5-6-10/h7,9-10,16-17H,5-6,8H2,1-4H3. The second-order valence-electron chi connectivity index (χ2n) is 6.49. The highest BCUT2D eigenvalue weighted by molar-refractivity contribution is 9.11. The van der Waals surface area contributed by atoms with E-state index >= 15 is 0 Å². The van der Waals surface area contributed by atoms with E-state index < -0.39 is 10.0 Å². The second-order valence-corrected chi connectivity index (χ2v) is 10.6. The van der Waals surface area contributed by atoms with Crippen LogP contribution in [0.1, 0.15) is 45.4 Å². The minimum atomic E-state index is -3.49. The van der Waals surface area contributed by atoms with Crippen LogP contribution in [0.2, 0.25) is 0 Å². The van der Waals surface area contributed by atoms with Crippen molar-refractivity contribution in [3.05, 3.63) is 14.7 Å². The maximum atomic E-state index is 12.6. The van der Waals surface area contributed by atoms with E-state index in [0.29, 0.717) is 27.2 Å². The first-order chi connectivity index (χ1) is 9.62. The summed E-state index contributed by atoms with van der Waals surface area (Å²) in [5, 5.41) is 3.30. The van der Waals surface area contributed by atoms with Crippen LogP contribution < -0.4 is 10.0 Å². The fraction of sp³-hybridized carbons (Fsp3) is 0.714. The van der Waals surface area contributed by atoms with Crippen LogP contribution in [0, 0.1) is 5.92 Å². The fourth-order valence-corrected chi connectivity index (χ4v) is 6.37. The van der Waals surface area contributed by atoms with Crippen molar-refractivity contribution in [3.8, 4) is 0 Å².